The molecule has 7 nitrogen and oxygen atoms in total. The van der Waals surface area contributed by atoms with Crippen molar-refractivity contribution >= 4 is 27.9 Å². The number of aromatic nitrogens is 2. The third-order valence-corrected chi connectivity index (χ3v) is 3.49. The molecule has 0 aliphatic heterocycles. The number of rotatable bonds is 4. The number of thiazole rings is 1. The summed E-state index contributed by atoms with van der Waals surface area (Å²) < 4.78 is 6.72. The molecule has 3 heterocycles. The van der Waals surface area contributed by atoms with Crippen LogP contribution in [0.1, 0.15) is 18.7 Å². The summed E-state index contributed by atoms with van der Waals surface area (Å²) >= 11 is 1.35. The second-order valence-corrected chi connectivity index (χ2v) is 4.85. The second-order valence-electron chi connectivity index (χ2n) is 3.98. The number of anilines is 1. The van der Waals surface area contributed by atoms with Crippen LogP contribution < -0.4 is 5.32 Å². The first kappa shape index (κ1) is 11.7. The third kappa shape index (κ3) is 1.95. The summed E-state index contributed by atoms with van der Waals surface area (Å²) in [5, 5.41) is 15.9. The van der Waals surface area contributed by atoms with E-state index in [0.29, 0.717) is 10.7 Å². The lowest BCUT2D eigenvalue weighted by Crippen LogP contribution is -2.07. The van der Waals surface area contributed by atoms with Gasteiger partial charge in [0.15, 0.2) is 0 Å². The summed E-state index contributed by atoms with van der Waals surface area (Å²) in [4.78, 5) is 15.5. The van der Waals surface area contributed by atoms with Crippen LogP contribution in [-0.2, 0) is 0 Å². The van der Waals surface area contributed by atoms with Crippen LogP contribution in [0.5, 0.6) is 0 Å². The number of nitrogens with one attached hydrogen (secondary N) is 1. The Morgan fingerprint density at radius 2 is 2.47 bits per heavy atom. The number of fused-ring (bicyclic) bond motifs is 1. The van der Waals surface area contributed by atoms with E-state index in [9.17, 15) is 10.1 Å². The smallest absolute Gasteiger partial charge is 0.372 e. The Labute approximate surface area is 111 Å². The Balaban J connectivity index is 1.98. The molecule has 3 aromatic heterocycles. The van der Waals surface area contributed by atoms with Gasteiger partial charge in [0.1, 0.15) is 12.0 Å². The number of hydrogen-bond donors (Lipinski definition) is 1. The van der Waals surface area contributed by atoms with Gasteiger partial charge in [-0.2, -0.15) is 9.38 Å². The fourth-order valence-electron chi connectivity index (χ4n) is 1.86. The van der Waals surface area contributed by atoms with Gasteiger partial charge < -0.3 is 19.8 Å². The van der Waals surface area contributed by atoms with Crippen LogP contribution in [0.3, 0.4) is 0 Å². The van der Waals surface area contributed by atoms with Crippen LogP contribution in [0.2, 0.25) is 0 Å². The molecule has 0 bridgehead atoms. The Kier molecular flexibility index (Phi) is 2.71. The van der Waals surface area contributed by atoms with Crippen LogP contribution in [0.25, 0.3) is 4.96 Å². The van der Waals surface area contributed by atoms with E-state index < -0.39 is 4.92 Å². The van der Waals surface area contributed by atoms with Gasteiger partial charge in [-0.3, -0.25) is 0 Å². The van der Waals surface area contributed by atoms with Crippen molar-refractivity contribution in [3.05, 3.63) is 45.8 Å². The Bertz CT molecular complexity index is 716. The van der Waals surface area contributed by atoms with E-state index in [0.717, 1.165) is 0 Å². The molecule has 8 heteroatoms. The van der Waals surface area contributed by atoms with Crippen LogP contribution >= 0.6 is 11.3 Å². The molecule has 3 rings (SSSR count). The Morgan fingerprint density at radius 1 is 1.63 bits per heavy atom. The van der Waals surface area contributed by atoms with Crippen LogP contribution in [0.15, 0.2) is 34.4 Å². The molecular formula is C11H10N4O3S. The van der Waals surface area contributed by atoms with Crippen molar-refractivity contribution in [3.8, 4) is 0 Å². The predicted molar refractivity (Wildman–Crippen MR) is 70.5 cm³/mol. The highest BCUT2D eigenvalue weighted by Gasteiger charge is 2.25. The number of imidazole rings is 1. The lowest BCUT2D eigenvalue weighted by molar-refractivity contribution is -0.389. The first-order valence-corrected chi connectivity index (χ1v) is 6.44. The first-order chi connectivity index (χ1) is 9.16. The van der Waals surface area contributed by atoms with Crippen molar-refractivity contribution in [1.82, 2.24) is 9.38 Å². The highest BCUT2D eigenvalue weighted by molar-refractivity contribution is 7.15. The molecule has 0 fully saturated rings. The lowest BCUT2D eigenvalue weighted by atomic mass is 10.2. The summed E-state index contributed by atoms with van der Waals surface area (Å²) in [6, 6.07) is 3.38. The lowest BCUT2D eigenvalue weighted by Gasteiger charge is -2.09. The summed E-state index contributed by atoms with van der Waals surface area (Å²) in [6.07, 6.45) is 3.20. The number of nitrogens with zero attached hydrogens (tertiary/aromatic N) is 3. The van der Waals surface area contributed by atoms with E-state index >= 15 is 0 Å². The fraction of sp³-hybridized carbons (Fsp3) is 0.182. The molecule has 19 heavy (non-hydrogen) atoms. The molecule has 0 spiro atoms. The Morgan fingerprint density at radius 3 is 3.16 bits per heavy atom. The summed E-state index contributed by atoms with van der Waals surface area (Å²) in [5.74, 6) is 0.890. The molecular weight excluding hydrogens is 268 g/mol. The largest absolute Gasteiger partial charge is 0.467 e. The van der Waals surface area contributed by atoms with Crippen molar-refractivity contribution in [2.24, 2.45) is 0 Å². The van der Waals surface area contributed by atoms with Crippen molar-refractivity contribution in [2.75, 3.05) is 5.32 Å². The zero-order valence-electron chi connectivity index (χ0n) is 9.94. The van der Waals surface area contributed by atoms with Crippen molar-refractivity contribution in [3.63, 3.8) is 0 Å². The molecule has 0 unspecified atom stereocenters. The maximum atomic E-state index is 11.1. The highest BCUT2D eigenvalue weighted by atomic mass is 32.1. The zero-order valence-corrected chi connectivity index (χ0v) is 10.8. The monoisotopic (exact) mass is 278 g/mol. The second kappa shape index (κ2) is 4.39. The molecule has 0 aromatic carbocycles. The van der Waals surface area contributed by atoms with E-state index in [1.807, 2.05) is 13.0 Å². The van der Waals surface area contributed by atoms with Crippen molar-refractivity contribution in [2.45, 2.75) is 13.0 Å². The van der Waals surface area contributed by atoms with Gasteiger partial charge in [0.2, 0.25) is 5.82 Å². The van der Waals surface area contributed by atoms with Crippen molar-refractivity contribution in [1.29, 1.82) is 0 Å². The fourth-order valence-corrected chi connectivity index (χ4v) is 2.57. The molecule has 0 amide bonds. The van der Waals surface area contributed by atoms with Crippen molar-refractivity contribution < 1.29 is 9.34 Å². The SMILES string of the molecule is C[C@H](Nc1nc2sccn2c1[N+](=O)[O-])c1ccco1. The molecule has 0 saturated carbocycles. The van der Waals surface area contributed by atoms with Gasteiger partial charge in [-0.25, -0.2) is 0 Å². The minimum Gasteiger partial charge on any atom is -0.467 e. The minimum absolute atomic E-state index is 0.0605. The highest BCUT2D eigenvalue weighted by Crippen LogP contribution is 2.30. The van der Waals surface area contributed by atoms with E-state index in [2.05, 4.69) is 10.3 Å². The predicted octanol–water partition coefficient (Wildman–Crippen LogP) is 3.07. The average Bonchev–Trinajstić information content (AvgIpc) is 3.03. The van der Waals surface area contributed by atoms with Gasteiger partial charge in [-0.15, -0.1) is 0 Å². The average molecular weight is 278 g/mol. The summed E-state index contributed by atoms with van der Waals surface area (Å²) in [5.41, 5.74) is 0. The number of furan rings is 1. The third-order valence-electron chi connectivity index (χ3n) is 2.73. The van der Waals surface area contributed by atoms with Gasteiger partial charge in [0, 0.05) is 5.38 Å². The number of hydrogen-bond acceptors (Lipinski definition) is 6. The zero-order chi connectivity index (χ0) is 13.4. The van der Waals surface area contributed by atoms with Crippen LogP contribution in [0.4, 0.5) is 11.6 Å². The molecule has 1 N–H and O–H groups in total. The van der Waals surface area contributed by atoms with E-state index in [1.54, 1.807) is 23.9 Å². The van der Waals surface area contributed by atoms with E-state index in [-0.39, 0.29) is 17.7 Å². The number of nitro groups is 1. The van der Waals surface area contributed by atoms with Crippen LogP contribution in [-0.4, -0.2) is 14.3 Å². The van der Waals surface area contributed by atoms with E-state index in [1.165, 1.54) is 15.7 Å². The minimum atomic E-state index is -0.441. The quantitative estimate of drug-likeness (QED) is 0.585. The molecule has 98 valence electrons. The first-order valence-electron chi connectivity index (χ1n) is 5.56. The van der Waals surface area contributed by atoms with Crippen LogP contribution in [0, 0.1) is 10.1 Å². The van der Waals surface area contributed by atoms with Gasteiger partial charge in [0.25, 0.3) is 4.96 Å². The van der Waals surface area contributed by atoms with Gasteiger partial charge in [-0.05, 0) is 24.0 Å². The van der Waals surface area contributed by atoms with Gasteiger partial charge in [-0.1, -0.05) is 11.3 Å². The Hall–Kier alpha value is -2.35. The van der Waals surface area contributed by atoms with E-state index in [4.69, 9.17) is 4.42 Å². The van der Waals surface area contributed by atoms with Gasteiger partial charge in [0.05, 0.1) is 12.3 Å². The molecule has 1 atom stereocenters. The molecule has 0 aliphatic rings. The normalized spacial score (nSPS) is 12.7. The maximum Gasteiger partial charge on any atom is 0.372 e. The van der Waals surface area contributed by atoms with Gasteiger partial charge >= 0.3 is 5.82 Å². The summed E-state index contributed by atoms with van der Waals surface area (Å²) in [7, 11) is 0. The molecule has 0 aliphatic carbocycles. The summed E-state index contributed by atoms with van der Waals surface area (Å²) in [6.45, 7) is 1.86. The standard InChI is InChI=1S/C11H10N4O3S/c1-7(8-3-2-5-18-8)12-9-10(15(16)17)14-4-6-19-11(14)13-9/h2-7,12H,1H3/t7-/m0/s1. The topological polar surface area (TPSA) is 85.6 Å². The molecule has 0 radical (unpaired) electrons. The maximum absolute atomic E-state index is 11.1. The molecule has 3 aromatic rings. The molecule has 0 saturated heterocycles.